The number of hydrogen-bond donors (Lipinski definition) is 32. The van der Waals surface area contributed by atoms with Gasteiger partial charge in [0.2, 0.25) is 82.7 Å². The number of benzene rings is 1. The van der Waals surface area contributed by atoms with E-state index in [1.165, 1.54) is 6.20 Å². The lowest BCUT2D eigenvalue weighted by atomic mass is 10.0. The molecule has 3 rings (SSSR count). The van der Waals surface area contributed by atoms with Crippen LogP contribution in [0.15, 0.2) is 30.5 Å². The first-order valence-electron chi connectivity index (χ1n) is 39.6. The Hall–Kier alpha value is -10.3. The number of nitrogens with two attached hydrogens (primary N) is 11. The Morgan fingerprint density at radius 1 is 0.395 bits per heavy atom. The van der Waals surface area contributed by atoms with Crippen LogP contribution in [0, 0.1) is 0 Å². The van der Waals surface area contributed by atoms with Crippen molar-refractivity contribution in [2.75, 3.05) is 59.0 Å². The lowest BCUT2D eigenvalue weighted by molar-refractivity contribution is -0.147. The molecule has 43 N–H and O–H groups in total. The lowest BCUT2D eigenvalue weighted by Gasteiger charge is -2.28. The van der Waals surface area contributed by atoms with E-state index >= 15 is 0 Å². The maximum absolute atomic E-state index is 14.9. The molecule has 1 saturated heterocycles. The third kappa shape index (κ3) is 39.9. The molecule has 48 nitrogen and oxygen atoms in total. The van der Waals surface area contributed by atoms with E-state index < -0.39 is 237 Å². The summed E-state index contributed by atoms with van der Waals surface area (Å²) in [4.78, 5) is 223. The number of H-pyrrole nitrogens is 1. The van der Waals surface area contributed by atoms with Crippen LogP contribution in [0.2, 0.25) is 0 Å². The predicted octanol–water partition coefficient (Wildman–Crippen LogP) is -12.9. The summed E-state index contributed by atoms with van der Waals surface area (Å²) in [7, 11) is 0. The predicted molar refractivity (Wildman–Crippen MR) is 429 cm³/mol. The Labute approximate surface area is 687 Å². The number of carboxylic acids is 2. The van der Waals surface area contributed by atoms with Gasteiger partial charge in [0, 0.05) is 29.9 Å². The molecule has 48 heteroatoms. The van der Waals surface area contributed by atoms with Crippen LogP contribution < -0.4 is 148 Å². The van der Waals surface area contributed by atoms with Gasteiger partial charge in [0.1, 0.15) is 91.4 Å². The first-order valence-corrected chi connectivity index (χ1v) is 39.6. The first-order chi connectivity index (χ1) is 56.6. The van der Waals surface area contributed by atoms with E-state index in [0.29, 0.717) is 61.5 Å². The highest BCUT2D eigenvalue weighted by atomic mass is 16.4. The summed E-state index contributed by atoms with van der Waals surface area (Å²) in [6, 6.07) is -14.0. The molecule has 2 aromatic rings. The molecule has 0 bridgehead atoms. The molecule has 13 atom stereocenters. The van der Waals surface area contributed by atoms with Gasteiger partial charge in [0.25, 0.3) is 0 Å². The van der Waals surface area contributed by atoms with Crippen molar-refractivity contribution in [2.45, 2.75) is 239 Å². The molecular weight excluding hydrogens is 1560 g/mol. The Morgan fingerprint density at radius 2 is 0.731 bits per heavy atom. The Bertz CT molecular complexity index is 3610. The number of aliphatic hydroxyl groups is 2. The number of primary amides is 2. The summed E-state index contributed by atoms with van der Waals surface area (Å²) in [6.07, 6.45) is -3.03. The van der Waals surface area contributed by atoms with E-state index in [1.54, 1.807) is 24.3 Å². The number of carboxylic acid groups (broad SMARTS) is 2. The van der Waals surface area contributed by atoms with Crippen molar-refractivity contribution in [3.63, 3.8) is 0 Å². The summed E-state index contributed by atoms with van der Waals surface area (Å²) in [5.41, 5.74) is 63.7. The Kier molecular flexibility index (Phi) is 48.6. The third-order valence-corrected chi connectivity index (χ3v) is 18.9. The number of carbonyl (C=O) groups excluding carboxylic acids is 14. The van der Waals surface area contributed by atoms with Crippen molar-refractivity contribution in [3.8, 4) is 0 Å². The lowest BCUT2D eigenvalue weighted by Crippen LogP contribution is -2.61. The first kappa shape index (κ1) is 103. The molecule has 119 heavy (non-hydrogen) atoms. The van der Waals surface area contributed by atoms with Crippen LogP contribution in [0.4, 0.5) is 0 Å². The second-order valence-corrected chi connectivity index (χ2v) is 28.6. The molecule has 1 fully saturated rings. The number of aliphatic carboxylic acids is 2. The maximum atomic E-state index is 14.9. The van der Waals surface area contributed by atoms with E-state index in [-0.39, 0.29) is 110 Å². The van der Waals surface area contributed by atoms with Crippen molar-refractivity contribution in [1.29, 1.82) is 0 Å². The fraction of sp³-hybridized carbons (Fsp3) is 0.662. The molecule has 1 aliphatic heterocycles. The van der Waals surface area contributed by atoms with E-state index in [2.05, 4.69) is 84.7 Å². The number of rotatable bonds is 63. The highest BCUT2D eigenvalue weighted by Crippen LogP contribution is 2.21. The molecule has 0 spiro atoms. The van der Waals surface area contributed by atoms with Gasteiger partial charge in [0.05, 0.1) is 32.1 Å². The number of aromatic amines is 1. The van der Waals surface area contributed by atoms with Gasteiger partial charge in [-0.3, -0.25) is 87.9 Å². The van der Waals surface area contributed by atoms with Gasteiger partial charge in [-0.15, -0.1) is 0 Å². The van der Waals surface area contributed by atoms with Crippen molar-refractivity contribution in [1.82, 2.24) is 90.1 Å². The zero-order valence-electron chi connectivity index (χ0n) is 66.7. The van der Waals surface area contributed by atoms with Gasteiger partial charge >= 0.3 is 11.9 Å². The van der Waals surface area contributed by atoms with Gasteiger partial charge in [-0.1, -0.05) is 18.2 Å². The number of carbonyl (C=O) groups is 16. The van der Waals surface area contributed by atoms with Crippen LogP contribution in [-0.4, -0.2) is 276 Å². The highest BCUT2D eigenvalue weighted by Gasteiger charge is 2.39. The summed E-state index contributed by atoms with van der Waals surface area (Å²) in [5, 5.41) is 81.5. The zero-order valence-corrected chi connectivity index (χ0v) is 66.7. The Balaban J connectivity index is 2.07. The minimum Gasteiger partial charge on any atom is -0.481 e. The second kappa shape index (κ2) is 56.2. The Morgan fingerprint density at radius 3 is 1.08 bits per heavy atom. The minimum absolute atomic E-state index is 0.000836. The monoisotopic (exact) mass is 1690 g/mol. The minimum atomic E-state index is -2.05. The van der Waals surface area contributed by atoms with E-state index in [4.69, 9.17) is 63.1 Å². The highest BCUT2D eigenvalue weighted by molar-refractivity contribution is 6.01. The van der Waals surface area contributed by atoms with Crippen LogP contribution in [0.25, 0.3) is 10.9 Å². The fourth-order valence-electron chi connectivity index (χ4n) is 12.5. The van der Waals surface area contributed by atoms with Gasteiger partial charge in [-0.2, -0.15) is 0 Å². The number of unbranched alkanes of at least 4 members (excludes halogenated alkanes) is 3. The molecule has 2 heterocycles. The number of hydrogen-bond acceptors (Lipinski definition) is 31. The standard InChI is InChI=1S/C71H126N28O20/c72-24-6-3-15-41(88-59(109)43(17-5-8-26-74)92-66(116)51(35-100)98-56(106)40-18-9-27-83-40)57(107)90-44(19-10-28-84-69(77)78)60(110)89-42(16-4-7-25-73)58(108)91-46(21-12-30-86-71(81)82)62(112)99-52(36-101)67(117)93-45(20-11-29-85-70(79)80)61(111)95-48(31-37-34-87-39-14-2-1-13-38(37)39)64(114)96-49(32-54(76)103)65(115)94-47(22-23-53(75)102)63(113)97-50(68(118)119)33-55(104)105/h1-2,13-14,34,40-52,69-71,83-87,100-101H,3-12,15-33,35-36,72-74,77-82H2,(H2,75,102)(H2,76,103)(H,88,109)(H,89,110)(H,90,107)(H,91,108)(H,92,116)(H,93,117)(H,94,115)(H,95,111)(H,96,114)(H,97,113)(H,98,106)(H,99,112)(H,104,105)(H,118,119)/t40-,41-,42-,43-,44-,45-,46-,47-,48-,49-,50-,51-,52-/m0/s1. The van der Waals surface area contributed by atoms with Crippen molar-refractivity contribution >= 4 is 106 Å². The summed E-state index contributed by atoms with van der Waals surface area (Å²) in [5.74, 6) is -18.0. The molecule has 14 amide bonds. The van der Waals surface area contributed by atoms with Crippen LogP contribution in [0.5, 0.6) is 0 Å². The topological polar surface area (TPSA) is 849 Å². The van der Waals surface area contributed by atoms with Crippen LogP contribution in [-0.2, 0) is 83.1 Å². The molecule has 0 saturated carbocycles. The number of nitrogens with one attached hydrogen (secondary N) is 17. The van der Waals surface area contributed by atoms with Crippen LogP contribution in [0.3, 0.4) is 0 Å². The molecule has 0 radical (unpaired) electrons. The molecule has 670 valence electrons. The van der Waals surface area contributed by atoms with Gasteiger partial charge < -0.3 is 158 Å². The zero-order chi connectivity index (χ0) is 88.7. The van der Waals surface area contributed by atoms with Crippen LogP contribution >= 0.6 is 0 Å². The van der Waals surface area contributed by atoms with E-state index in [9.17, 15) is 97.1 Å². The van der Waals surface area contributed by atoms with E-state index in [0.717, 1.165) is 0 Å². The molecule has 1 aromatic heterocycles. The summed E-state index contributed by atoms with van der Waals surface area (Å²) in [6.45, 7) is -0.742. The van der Waals surface area contributed by atoms with Gasteiger partial charge in [-0.05, 0) is 173 Å². The third-order valence-electron chi connectivity index (χ3n) is 18.9. The molecule has 0 aliphatic carbocycles. The summed E-state index contributed by atoms with van der Waals surface area (Å²) >= 11 is 0. The largest absolute Gasteiger partial charge is 0.481 e. The SMILES string of the molecule is NCCCC[C@H](NC(=O)[C@H](CO)NC(=O)[C@@H]1CCCN1)C(=O)N[C@@H](CCCCN)C(=O)N[C@@H](CCCNC(N)N)C(=O)N[C@@H](CCCCN)C(=O)N[C@@H](CCCNC(N)N)C(=O)N[C@@H](CO)C(=O)N[C@@H](CCCNC(N)N)C(=O)N[C@@H](Cc1c[nH]c2ccccc12)C(=O)N[C@@H](CC(N)=O)C(=O)N[C@@H](CCC(N)=O)C(=O)N[C@@H](CC(=O)O)C(=O)O. The number of aliphatic hydroxyl groups excluding tert-OH is 2. The maximum Gasteiger partial charge on any atom is 0.326 e. The number of aromatic nitrogens is 1. The molecular formula is C71H126N28O20. The average molecular weight is 1690 g/mol. The number of para-hydroxylation sites is 1. The second-order valence-electron chi connectivity index (χ2n) is 28.6. The van der Waals surface area contributed by atoms with Crippen molar-refractivity contribution < 1.29 is 97.1 Å². The molecule has 1 aliphatic rings. The average Bonchev–Trinajstić information content (AvgIpc) is 1.71. The smallest absolute Gasteiger partial charge is 0.326 e. The molecule has 1 aromatic carbocycles. The van der Waals surface area contributed by atoms with Gasteiger partial charge in [0.15, 0.2) is 0 Å². The van der Waals surface area contributed by atoms with Crippen molar-refractivity contribution in [3.05, 3.63) is 36.0 Å². The molecule has 0 unspecified atom stereocenters. The van der Waals surface area contributed by atoms with E-state index in [1.807, 2.05) is 5.32 Å². The number of fused-ring (bicyclic) bond motifs is 1. The normalized spacial score (nSPS) is 15.7. The van der Waals surface area contributed by atoms with Crippen LogP contribution in [0.1, 0.15) is 140 Å². The quantitative estimate of drug-likeness (QED) is 0.0216. The van der Waals surface area contributed by atoms with Gasteiger partial charge in [-0.25, -0.2) is 4.79 Å². The summed E-state index contributed by atoms with van der Waals surface area (Å²) < 4.78 is 0. The van der Waals surface area contributed by atoms with Crippen molar-refractivity contribution in [2.24, 2.45) is 63.1 Å². The number of amides is 14. The fourth-order valence-corrected chi connectivity index (χ4v) is 12.5.